The molecule has 3 rings (SSSR count). The van der Waals surface area contributed by atoms with Gasteiger partial charge >= 0.3 is 6.18 Å². The van der Waals surface area contributed by atoms with Crippen molar-refractivity contribution in [3.63, 3.8) is 0 Å². The molecule has 0 bridgehead atoms. The smallest absolute Gasteiger partial charge is 0.353 e. The van der Waals surface area contributed by atoms with Gasteiger partial charge in [-0.1, -0.05) is 17.8 Å². The number of rotatable bonds is 4. The molecule has 0 spiro atoms. The average Bonchev–Trinajstić information content (AvgIpc) is 2.97. The molecule has 10 heteroatoms. The second-order valence-corrected chi connectivity index (χ2v) is 6.83. The largest absolute Gasteiger partial charge is 0.416 e. The highest BCUT2D eigenvalue weighted by Gasteiger charge is 2.30. The Morgan fingerprint density at radius 1 is 1.33 bits per heavy atom. The molecule has 0 saturated carbocycles. The fraction of sp³-hybridized carbons (Fsp3) is 0.235. The van der Waals surface area contributed by atoms with Crippen LogP contribution in [-0.2, 0) is 18.0 Å². The molecule has 2 heterocycles. The SMILES string of the molecule is Cc1cc2nc(SCC(=O)Nc3cccc(C(F)(F)F)c3)n(C)c(=O)c2[nH]1. The maximum atomic E-state index is 12.7. The fourth-order valence-electron chi connectivity index (χ4n) is 2.49. The predicted octanol–water partition coefficient (Wildman–Crippen LogP) is 3.32. The average molecular weight is 396 g/mol. The molecule has 6 nitrogen and oxygen atoms in total. The summed E-state index contributed by atoms with van der Waals surface area (Å²) in [7, 11) is 1.54. The lowest BCUT2D eigenvalue weighted by molar-refractivity contribution is -0.137. The zero-order valence-electron chi connectivity index (χ0n) is 14.3. The minimum atomic E-state index is -4.48. The summed E-state index contributed by atoms with van der Waals surface area (Å²) in [5.41, 5.74) is 0.608. The summed E-state index contributed by atoms with van der Waals surface area (Å²) in [4.78, 5) is 31.7. The number of nitrogens with one attached hydrogen (secondary N) is 2. The molecule has 142 valence electrons. The number of aromatic amines is 1. The summed E-state index contributed by atoms with van der Waals surface area (Å²) in [6.45, 7) is 1.80. The number of aromatic nitrogens is 3. The first-order valence-electron chi connectivity index (χ1n) is 7.81. The predicted molar refractivity (Wildman–Crippen MR) is 96.9 cm³/mol. The van der Waals surface area contributed by atoms with E-state index in [0.717, 1.165) is 29.6 Å². The maximum Gasteiger partial charge on any atom is 0.416 e. The van der Waals surface area contributed by atoms with Gasteiger partial charge in [-0.2, -0.15) is 13.2 Å². The number of fused-ring (bicyclic) bond motifs is 1. The lowest BCUT2D eigenvalue weighted by Gasteiger charge is -2.10. The Bertz CT molecular complexity index is 1070. The second kappa shape index (κ2) is 7.10. The van der Waals surface area contributed by atoms with E-state index in [0.29, 0.717) is 16.2 Å². The van der Waals surface area contributed by atoms with Gasteiger partial charge in [-0.3, -0.25) is 14.2 Å². The van der Waals surface area contributed by atoms with E-state index in [-0.39, 0.29) is 17.0 Å². The lowest BCUT2D eigenvalue weighted by atomic mass is 10.2. The van der Waals surface area contributed by atoms with Crippen LogP contribution in [0.15, 0.2) is 40.3 Å². The second-order valence-electron chi connectivity index (χ2n) is 5.89. The summed E-state index contributed by atoms with van der Waals surface area (Å²) in [6.07, 6.45) is -4.48. The van der Waals surface area contributed by atoms with Crippen LogP contribution >= 0.6 is 11.8 Å². The lowest BCUT2D eigenvalue weighted by Crippen LogP contribution is -2.21. The van der Waals surface area contributed by atoms with Crippen molar-refractivity contribution in [3.8, 4) is 0 Å². The number of hydrogen-bond donors (Lipinski definition) is 2. The van der Waals surface area contributed by atoms with Crippen LogP contribution in [0.2, 0.25) is 0 Å². The molecular formula is C17H15F3N4O2S. The van der Waals surface area contributed by atoms with E-state index in [1.54, 1.807) is 13.0 Å². The fourth-order valence-corrected chi connectivity index (χ4v) is 3.26. The molecule has 0 aliphatic heterocycles. The third-order valence-corrected chi connectivity index (χ3v) is 4.79. The van der Waals surface area contributed by atoms with Crippen LogP contribution in [0.4, 0.5) is 18.9 Å². The number of hydrogen-bond acceptors (Lipinski definition) is 4. The zero-order valence-corrected chi connectivity index (χ0v) is 15.2. The number of carbonyl (C=O) groups is 1. The van der Waals surface area contributed by atoms with Gasteiger partial charge in [0, 0.05) is 18.4 Å². The van der Waals surface area contributed by atoms with Crippen LogP contribution < -0.4 is 10.9 Å². The molecule has 0 atom stereocenters. The molecule has 0 aliphatic rings. The van der Waals surface area contributed by atoms with E-state index in [1.807, 2.05) is 0 Å². The van der Waals surface area contributed by atoms with E-state index >= 15 is 0 Å². The summed E-state index contributed by atoms with van der Waals surface area (Å²) in [5, 5.41) is 2.76. The maximum absolute atomic E-state index is 12.7. The van der Waals surface area contributed by atoms with Crippen LogP contribution in [0.25, 0.3) is 11.0 Å². The third-order valence-electron chi connectivity index (χ3n) is 3.76. The Kier molecular flexibility index (Phi) is 5.01. The summed E-state index contributed by atoms with van der Waals surface area (Å²) in [5.74, 6) is -0.607. The first kappa shape index (κ1) is 19.0. The first-order chi connectivity index (χ1) is 12.6. The van der Waals surface area contributed by atoms with E-state index in [2.05, 4.69) is 15.3 Å². The Morgan fingerprint density at radius 2 is 2.07 bits per heavy atom. The van der Waals surface area contributed by atoms with Crippen LogP contribution in [0, 0.1) is 6.92 Å². The quantitative estimate of drug-likeness (QED) is 0.524. The van der Waals surface area contributed by atoms with Crippen molar-refractivity contribution in [2.24, 2.45) is 7.05 Å². The zero-order chi connectivity index (χ0) is 19.8. The Labute approximate surface area is 155 Å². The van der Waals surface area contributed by atoms with Gasteiger partial charge in [-0.05, 0) is 31.2 Å². The van der Waals surface area contributed by atoms with Crippen molar-refractivity contribution in [1.82, 2.24) is 14.5 Å². The third kappa shape index (κ3) is 4.16. The molecule has 0 aliphatic carbocycles. The van der Waals surface area contributed by atoms with Gasteiger partial charge < -0.3 is 10.3 Å². The molecule has 0 unspecified atom stereocenters. The topological polar surface area (TPSA) is 79.8 Å². The number of benzene rings is 1. The molecule has 1 aromatic carbocycles. The number of nitrogens with zero attached hydrogens (tertiary/aromatic N) is 2. The number of halogens is 3. The van der Waals surface area contributed by atoms with Crippen LogP contribution in [0.1, 0.15) is 11.3 Å². The van der Waals surface area contributed by atoms with Gasteiger partial charge in [0.05, 0.1) is 16.8 Å². The molecule has 27 heavy (non-hydrogen) atoms. The van der Waals surface area contributed by atoms with Crippen molar-refractivity contribution >= 4 is 34.4 Å². The Morgan fingerprint density at radius 3 is 2.78 bits per heavy atom. The molecule has 0 saturated heterocycles. The van der Waals surface area contributed by atoms with Gasteiger partial charge in [0.15, 0.2) is 5.16 Å². The summed E-state index contributed by atoms with van der Waals surface area (Å²) >= 11 is 1.03. The highest BCUT2D eigenvalue weighted by atomic mass is 32.2. The monoisotopic (exact) mass is 396 g/mol. The Balaban J connectivity index is 1.72. The van der Waals surface area contributed by atoms with Crippen molar-refractivity contribution in [2.75, 3.05) is 11.1 Å². The molecular weight excluding hydrogens is 381 g/mol. The van der Waals surface area contributed by atoms with Gasteiger partial charge in [-0.15, -0.1) is 0 Å². The highest BCUT2D eigenvalue weighted by Crippen LogP contribution is 2.30. The number of thioether (sulfide) groups is 1. The number of carbonyl (C=O) groups excluding carboxylic acids is 1. The Hall–Kier alpha value is -2.75. The van der Waals surface area contributed by atoms with Crippen molar-refractivity contribution in [1.29, 1.82) is 0 Å². The van der Waals surface area contributed by atoms with Gasteiger partial charge in [0.1, 0.15) is 5.52 Å². The molecule has 1 amide bonds. The normalized spacial score (nSPS) is 11.7. The van der Waals surface area contributed by atoms with E-state index in [9.17, 15) is 22.8 Å². The highest BCUT2D eigenvalue weighted by molar-refractivity contribution is 7.99. The molecule has 2 N–H and O–H groups in total. The standard InChI is InChI=1S/C17H15F3N4O2S/c1-9-6-12-14(21-9)15(26)24(2)16(23-12)27-8-13(25)22-11-5-3-4-10(7-11)17(18,19)20/h3-7,21H,8H2,1-2H3,(H,22,25). The number of anilines is 1. The summed E-state index contributed by atoms with van der Waals surface area (Å²) in [6, 6.07) is 6.12. The van der Waals surface area contributed by atoms with Gasteiger partial charge in [0.25, 0.3) is 5.56 Å². The van der Waals surface area contributed by atoms with Gasteiger partial charge in [0.2, 0.25) is 5.91 Å². The van der Waals surface area contributed by atoms with Crippen molar-refractivity contribution in [3.05, 3.63) is 51.9 Å². The molecule has 3 aromatic rings. The minimum absolute atomic E-state index is 0.0500. The van der Waals surface area contributed by atoms with Gasteiger partial charge in [-0.25, -0.2) is 4.98 Å². The van der Waals surface area contributed by atoms with E-state index in [4.69, 9.17) is 0 Å². The number of H-pyrrole nitrogens is 1. The number of amides is 1. The first-order valence-corrected chi connectivity index (χ1v) is 8.80. The van der Waals surface area contributed by atoms with Crippen molar-refractivity contribution in [2.45, 2.75) is 18.3 Å². The number of alkyl halides is 3. The van der Waals surface area contributed by atoms with E-state index < -0.39 is 17.6 Å². The minimum Gasteiger partial charge on any atom is -0.353 e. The van der Waals surface area contributed by atoms with Crippen LogP contribution in [0.3, 0.4) is 0 Å². The van der Waals surface area contributed by atoms with Crippen LogP contribution in [-0.4, -0.2) is 26.2 Å². The molecule has 0 radical (unpaired) electrons. The summed E-state index contributed by atoms with van der Waals surface area (Å²) < 4.78 is 39.5. The number of aryl methyl sites for hydroxylation is 1. The van der Waals surface area contributed by atoms with Crippen LogP contribution in [0.5, 0.6) is 0 Å². The molecule has 2 aromatic heterocycles. The molecule has 0 fully saturated rings. The van der Waals surface area contributed by atoms with E-state index in [1.165, 1.54) is 23.7 Å². The van der Waals surface area contributed by atoms with Crippen molar-refractivity contribution < 1.29 is 18.0 Å².